The van der Waals surface area contributed by atoms with Crippen molar-refractivity contribution in [1.29, 1.82) is 0 Å². The summed E-state index contributed by atoms with van der Waals surface area (Å²) in [6.07, 6.45) is 1.04. The molecule has 1 N–H and O–H groups in total. The third-order valence-electron chi connectivity index (χ3n) is 3.17. The van der Waals surface area contributed by atoms with Gasteiger partial charge in [-0.05, 0) is 24.0 Å². The number of nitrogens with one attached hydrogen (secondary N) is 1. The number of nitrogens with zero attached hydrogens (tertiary/aromatic N) is 1. The first-order chi connectivity index (χ1) is 9.45. The Balaban J connectivity index is 2.43. The standard InChI is InChI=1S/C17H22N2O/c1-11(2)8-13-6-5-7-14(9-13)15-10-16(20)19-17(18-15)12(3)4/h5-7,9-12H,8H2,1-4H3,(H,18,19,20). The third-order valence-corrected chi connectivity index (χ3v) is 3.17. The van der Waals surface area contributed by atoms with Crippen LogP contribution in [0.3, 0.4) is 0 Å². The molecule has 0 amide bonds. The third kappa shape index (κ3) is 3.56. The van der Waals surface area contributed by atoms with E-state index in [1.54, 1.807) is 6.07 Å². The van der Waals surface area contributed by atoms with Gasteiger partial charge in [0.15, 0.2) is 0 Å². The quantitative estimate of drug-likeness (QED) is 0.919. The summed E-state index contributed by atoms with van der Waals surface area (Å²) in [7, 11) is 0. The van der Waals surface area contributed by atoms with Gasteiger partial charge in [-0.2, -0.15) is 0 Å². The molecule has 0 aliphatic heterocycles. The van der Waals surface area contributed by atoms with Crippen LogP contribution in [0.1, 0.15) is 45.0 Å². The molecule has 0 atom stereocenters. The molecule has 0 spiro atoms. The molecule has 3 nitrogen and oxygen atoms in total. The molecular formula is C17H22N2O. The summed E-state index contributed by atoms with van der Waals surface area (Å²) in [4.78, 5) is 19.1. The van der Waals surface area contributed by atoms with Crippen molar-refractivity contribution in [2.75, 3.05) is 0 Å². The first kappa shape index (κ1) is 14.5. The molecule has 0 aliphatic carbocycles. The molecule has 2 aromatic rings. The maximum Gasteiger partial charge on any atom is 0.251 e. The Kier molecular flexibility index (Phi) is 4.38. The highest BCUT2D eigenvalue weighted by Crippen LogP contribution is 2.20. The number of aromatic nitrogens is 2. The zero-order chi connectivity index (χ0) is 14.7. The second-order valence-electron chi connectivity index (χ2n) is 5.97. The lowest BCUT2D eigenvalue weighted by Crippen LogP contribution is -2.12. The van der Waals surface area contributed by atoms with E-state index in [9.17, 15) is 4.79 Å². The molecule has 106 valence electrons. The van der Waals surface area contributed by atoms with E-state index in [0.29, 0.717) is 5.92 Å². The highest BCUT2D eigenvalue weighted by Gasteiger charge is 2.08. The average Bonchev–Trinajstić information content (AvgIpc) is 2.37. The first-order valence-electron chi connectivity index (χ1n) is 7.16. The highest BCUT2D eigenvalue weighted by molar-refractivity contribution is 5.59. The van der Waals surface area contributed by atoms with Crippen LogP contribution in [0, 0.1) is 5.92 Å². The first-order valence-corrected chi connectivity index (χ1v) is 7.16. The predicted octanol–water partition coefficient (Wildman–Crippen LogP) is 3.76. The van der Waals surface area contributed by atoms with Crippen LogP contribution in [-0.2, 0) is 6.42 Å². The van der Waals surface area contributed by atoms with Gasteiger partial charge >= 0.3 is 0 Å². The van der Waals surface area contributed by atoms with Gasteiger partial charge in [0, 0.05) is 17.5 Å². The summed E-state index contributed by atoms with van der Waals surface area (Å²) in [5.41, 5.74) is 2.96. The molecular weight excluding hydrogens is 248 g/mol. The van der Waals surface area contributed by atoms with Gasteiger partial charge in [-0.3, -0.25) is 4.79 Å². The highest BCUT2D eigenvalue weighted by atomic mass is 16.1. The molecule has 1 heterocycles. The van der Waals surface area contributed by atoms with E-state index < -0.39 is 0 Å². The van der Waals surface area contributed by atoms with E-state index in [1.165, 1.54) is 5.56 Å². The number of aromatic amines is 1. The summed E-state index contributed by atoms with van der Waals surface area (Å²) in [5, 5.41) is 0. The van der Waals surface area contributed by atoms with Gasteiger partial charge in [0.05, 0.1) is 5.69 Å². The van der Waals surface area contributed by atoms with Crippen LogP contribution in [0.4, 0.5) is 0 Å². The molecule has 0 bridgehead atoms. The minimum absolute atomic E-state index is 0.0898. The number of H-pyrrole nitrogens is 1. The van der Waals surface area contributed by atoms with Crippen LogP contribution in [0.25, 0.3) is 11.3 Å². The minimum Gasteiger partial charge on any atom is -0.310 e. The van der Waals surface area contributed by atoms with Gasteiger partial charge in [0.25, 0.3) is 5.56 Å². The van der Waals surface area contributed by atoms with Gasteiger partial charge in [-0.15, -0.1) is 0 Å². The Bertz CT molecular complexity index is 641. The minimum atomic E-state index is -0.0898. The van der Waals surface area contributed by atoms with Crippen molar-refractivity contribution in [3.63, 3.8) is 0 Å². The van der Waals surface area contributed by atoms with Crippen LogP contribution in [0.15, 0.2) is 35.1 Å². The van der Waals surface area contributed by atoms with Crippen molar-refractivity contribution in [2.45, 2.75) is 40.0 Å². The molecule has 0 radical (unpaired) electrons. The average molecular weight is 270 g/mol. The number of hydrogen-bond donors (Lipinski definition) is 1. The van der Waals surface area contributed by atoms with Gasteiger partial charge in [0.2, 0.25) is 0 Å². The van der Waals surface area contributed by atoms with Gasteiger partial charge in [0.1, 0.15) is 5.82 Å². The molecule has 0 aliphatic rings. The topological polar surface area (TPSA) is 45.8 Å². The van der Waals surface area contributed by atoms with Crippen LogP contribution in [0.5, 0.6) is 0 Å². The van der Waals surface area contributed by atoms with Crippen LogP contribution in [0.2, 0.25) is 0 Å². The van der Waals surface area contributed by atoms with Crippen molar-refractivity contribution in [1.82, 2.24) is 9.97 Å². The second-order valence-corrected chi connectivity index (χ2v) is 5.97. The summed E-state index contributed by atoms with van der Waals surface area (Å²) in [5.74, 6) is 1.56. The lowest BCUT2D eigenvalue weighted by molar-refractivity contribution is 0.647. The molecule has 1 aromatic carbocycles. The van der Waals surface area contributed by atoms with E-state index in [1.807, 2.05) is 26.0 Å². The predicted molar refractivity (Wildman–Crippen MR) is 82.9 cm³/mol. The van der Waals surface area contributed by atoms with Crippen molar-refractivity contribution >= 4 is 0 Å². The van der Waals surface area contributed by atoms with Gasteiger partial charge in [-0.1, -0.05) is 45.9 Å². The van der Waals surface area contributed by atoms with Crippen LogP contribution >= 0.6 is 0 Å². The van der Waals surface area contributed by atoms with Crippen LogP contribution in [-0.4, -0.2) is 9.97 Å². The van der Waals surface area contributed by atoms with Gasteiger partial charge < -0.3 is 4.98 Å². The molecule has 20 heavy (non-hydrogen) atoms. The Labute approximate surface area is 120 Å². The monoisotopic (exact) mass is 270 g/mol. The largest absolute Gasteiger partial charge is 0.310 e. The summed E-state index contributed by atoms with van der Waals surface area (Å²) < 4.78 is 0. The SMILES string of the molecule is CC(C)Cc1cccc(-c2cc(=O)[nH]c(C(C)C)n2)c1. The van der Waals surface area contributed by atoms with E-state index in [0.717, 1.165) is 23.5 Å². The smallest absolute Gasteiger partial charge is 0.251 e. The Morgan fingerprint density at radius 2 is 1.90 bits per heavy atom. The van der Waals surface area contributed by atoms with Crippen molar-refractivity contribution in [3.8, 4) is 11.3 Å². The number of benzene rings is 1. The summed E-state index contributed by atoms with van der Waals surface area (Å²) in [6, 6.07) is 9.87. The zero-order valence-electron chi connectivity index (χ0n) is 12.6. The maximum atomic E-state index is 11.8. The van der Waals surface area contributed by atoms with Crippen molar-refractivity contribution < 1.29 is 0 Å². The molecule has 0 saturated heterocycles. The molecule has 1 aromatic heterocycles. The van der Waals surface area contributed by atoms with E-state index >= 15 is 0 Å². The fourth-order valence-electron chi connectivity index (χ4n) is 2.23. The van der Waals surface area contributed by atoms with Gasteiger partial charge in [-0.25, -0.2) is 4.98 Å². The lowest BCUT2D eigenvalue weighted by atomic mass is 10.00. The molecule has 0 unspecified atom stereocenters. The lowest BCUT2D eigenvalue weighted by Gasteiger charge is -2.09. The summed E-state index contributed by atoms with van der Waals surface area (Å²) in [6.45, 7) is 8.46. The fraction of sp³-hybridized carbons (Fsp3) is 0.412. The van der Waals surface area contributed by atoms with Crippen molar-refractivity contribution in [3.05, 3.63) is 52.1 Å². The fourth-order valence-corrected chi connectivity index (χ4v) is 2.23. The zero-order valence-corrected chi connectivity index (χ0v) is 12.6. The maximum absolute atomic E-state index is 11.8. The number of hydrogen-bond acceptors (Lipinski definition) is 2. The van der Waals surface area contributed by atoms with Crippen LogP contribution < -0.4 is 5.56 Å². The molecule has 0 fully saturated rings. The van der Waals surface area contributed by atoms with E-state index in [-0.39, 0.29) is 11.5 Å². The molecule has 3 heteroatoms. The van der Waals surface area contributed by atoms with E-state index in [2.05, 4.69) is 35.9 Å². The second kappa shape index (κ2) is 6.04. The number of rotatable bonds is 4. The Hall–Kier alpha value is -1.90. The molecule has 2 rings (SSSR count). The van der Waals surface area contributed by atoms with E-state index in [4.69, 9.17) is 0 Å². The Morgan fingerprint density at radius 3 is 2.55 bits per heavy atom. The normalized spacial score (nSPS) is 11.3. The summed E-state index contributed by atoms with van der Waals surface area (Å²) >= 11 is 0. The molecule has 0 saturated carbocycles. The Morgan fingerprint density at radius 1 is 1.15 bits per heavy atom. The van der Waals surface area contributed by atoms with Crippen molar-refractivity contribution in [2.24, 2.45) is 5.92 Å².